The van der Waals surface area contributed by atoms with Gasteiger partial charge in [-0.1, -0.05) is 6.42 Å². The van der Waals surface area contributed by atoms with Crippen molar-refractivity contribution >= 4 is 12.1 Å². The molecule has 0 aromatic carbocycles. The SMILES string of the molecule is COC(=O)C1CN(C(=O)OC(C)(C)C)CC2CCCCN21. The minimum Gasteiger partial charge on any atom is -0.468 e. The topological polar surface area (TPSA) is 59.1 Å². The number of piperazine rings is 1. The molecule has 0 saturated carbocycles. The molecule has 2 aliphatic rings. The number of fused-ring (bicyclic) bond motifs is 1. The van der Waals surface area contributed by atoms with Gasteiger partial charge in [-0.25, -0.2) is 4.79 Å². The maximum atomic E-state index is 12.3. The Hall–Kier alpha value is -1.30. The van der Waals surface area contributed by atoms with Crippen molar-refractivity contribution in [2.45, 2.75) is 57.7 Å². The average molecular weight is 298 g/mol. The number of methoxy groups -OCH3 is 1. The molecule has 1 amide bonds. The zero-order valence-corrected chi connectivity index (χ0v) is 13.4. The maximum Gasteiger partial charge on any atom is 0.410 e. The van der Waals surface area contributed by atoms with Crippen LogP contribution in [-0.4, -0.2) is 66.3 Å². The highest BCUT2D eigenvalue weighted by atomic mass is 16.6. The van der Waals surface area contributed by atoms with Gasteiger partial charge < -0.3 is 14.4 Å². The zero-order chi connectivity index (χ0) is 15.6. The highest BCUT2D eigenvalue weighted by Gasteiger charge is 2.42. The Labute approximate surface area is 126 Å². The summed E-state index contributed by atoms with van der Waals surface area (Å²) in [6.45, 7) is 7.41. The first-order valence-corrected chi connectivity index (χ1v) is 7.63. The second-order valence-corrected chi connectivity index (χ2v) is 6.81. The standard InChI is InChI=1S/C15H26N2O4/c1-15(2,3)21-14(19)16-9-11-7-5-6-8-17(11)12(10-16)13(18)20-4/h11-12H,5-10H2,1-4H3. The van der Waals surface area contributed by atoms with Gasteiger partial charge in [0.25, 0.3) is 0 Å². The summed E-state index contributed by atoms with van der Waals surface area (Å²) in [5.74, 6) is -0.268. The molecule has 0 aromatic rings. The van der Waals surface area contributed by atoms with Gasteiger partial charge in [-0.15, -0.1) is 0 Å². The Kier molecular flexibility index (Phi) is 4.76. The Morgan fingerprint density at radius 2 is 1.86 bits per heavy atom. The van der Waals surface area contributed by atoms with Crippen LogP contribution in [0.3, 0.4) is 0 Å². The third-order valence-electron chi connectivity index (χ3n) is 4.02. The van der Waals surface area contributed by atoms with Crippen LogP contribution in [0.1, 0.15) is 40.0 Å². The first-order chi connectivity index (χ1) is 9.81. The molecule has 21 heavy (non-hydrogen) atoms. The number of carbonyl (C=O) groups is 2. The van der Waals surface area contributed by atoms with E-state index in [-0.39, 0.29) is 24.1 Å². The van der Waals surface area contributed by atoms with Crippen LogP contribution in [0, 0.1) is 0 Å². The van der Waals surface area contributed by atoms with E-state index in [1.807, 2.05) is 20.8 Å². The molecule has 2 heterocycles. The smallest absolute Gasteiger partial charge is 0.410 e. The van der Waals surface area contributed by atoms with Crippen molar-refractivity contribution in [1.82, 2.24) is 9.80 Å². The van der Waals surface area contributed by atoms with E-state index in [0.29, 0.717) is 13.1 Å². The van der Waals surface area contributed by atoms with Crippen LogP contribution in [0.25, 0.3) is 0 Å². The third-order valence-corrected chi connectivity index (χ3v) is 4.02. The van der Waals surface area contributed by atoms with Crippen LogP contribution in [0.2, 0.25) is 0 Å². The summed E-state index contributed by atoms with van der Waals surface area (Å²) in [6.07, 6.45) is 2.89. The number of nitrogens with zero attached hydrogens (tertiary/aromatic N) is 2. The van der Waals surface area contributed by atoms with Gasteiger partial charge in [0.1, 0.15) is 11.6 Å². The molecule has 0 radical (unpaired) electrons. The number of hydrogen-bond donors (Lipinski definition) is 0. The van der Waals surface area contributed by atoms with E-state index in [0.717, 1.165) is 25.8 Å². The van der Waals surface area contributed by atoms with E-state index in [4.69, 9.17) is 9.47 Å². The molecule has 2 saturated heterocycles. The summed E-state index contributed by atoms with van der Waals surface area (Å²) in [5, 5.41) is 0. The summed E-state index contributed by atoms with van der Waals surface area (Å²) in [6, 6.07) is -0.148. The van der Waals surface area contributed by atoms with Crippen LogP contribution in [0.4, 0.5) is 4.79 Å². The fourth-order valence-electron chi connectivity index (χ4n) is 3.09. The van der Waals surface area contributed by atoms with Crippen LogP contribution in [-0.2, 0) is 14.3 Å². The molecule has 6 heteroatoms. The van der Waals surface area contributed by atoms with E-state index in [2.05, 4.69) is 4.90 Å². The summed E-state index contributed by atoms with van der Waals surface area (Å²) < 4.78 is 10.3. The summed E-state index contributed by atoms with van der Waals surface area (Å²) in [4.78, 5) is 28.2. The molecule has 2 rings (SSSR count). The molecule has 2 unspecified atom stereocenters. The molecule has 120 valence electrons. The molecule has 6 nitrogen and oxygen atoms in total. The van der Waals surface area contributed by atoms with Crippen LogP contribution < -0.4 is 0 Å². The lowest BCUT2D eigenvalue weighted by atomic mass is 9.96. The van der Waals surface area contributed by atoms with Crippen LogP contribution in [0.5, 0.6) is 0 Å². The van der Waals surface area contributed by atoms with Gasteiger partial charge in [-0.2, -0.15) is 0 Å². The molecule has 0 aliphatic carbocycles. The van der Waals surface area contributed by atoms with Crippen molar-refractivity contribution in [3.05, 3.63) is 0 Å². The van der Waals surface area contributed by atoms with Crippen molar-refractivity contribution in [1.29, 1.82) is 0 Å². The Bertz CT molecular complexity index is 405. The predicted molar refractivity (Wildman–Crippen MR) is 78.0 cm³/mol. The van der Waals surface area contributed by atoms with Crippen molar-refractivity contribution in [3.8, 4) is 0 Å². The van der Waals surface area contributed by atoms with Gasteiger partial charge in [0, 0.05) is 12.6 Å². The van der Waals surface area contributed by atoms with E-state index >= 15 is 0 Å². The molecule has 0 aromatic heterocycles. The first-order valence-electron chi connectivity index (χ1n) is 7.63. The quantitative estimate of drug-likeness (QED) is 0.689. The highest BCUT2D eigenvalue weighted by Crippen LogP contribution is 2.26. The number of carbonyl (C=O) groups excluding carboxylic acids is 2. The lowest BCUT2D eigenvalue weighted by Gasteiger charge is -2.47. The molecule has 2 aliphatic heterocycles. The van der Waals surface area contributed by atoms with Crippen molar-refractivity contribution in [3.63, 3.8) is 0 Å². The Morgan fingerprint density at radius 1 is 1.14 bits per heavy atom. The normalized spacial score (nSPS) is 27.0. The maximum absolute atomic E-state index is 12.3. The minimum absolute atomic E-state index is 0.226. The zero-order valence-electron chi connectivity index (χ0n) is 13.4. The number of piperidine rings is 1. The van der Waals surface area contributed by atoms with Crippen LogP contribution >= 0.6 is 0 Å². The summed E-state index contributed by atoms with van der Waals surface area (Å²) >= 11 is 0. The molecule has 0 spiro atoms. The third kappa shape index (κ3) is 3.87. The van der Waals surface area contributed by atoms with Gasteiger partial charge in [-0.05, 0) is 40.2 Å². The number of rotatable bonds is 1. The predicted octanol–water partition coefficient (Wildman–Crippen LogP) is 1.63. The van der Waals surface area contributed by atoms with Crippen LogP contribution in [0.15, 0.2) is 0 Å². The average Bonchev–Trinajstić information content (AvgIpc) is 2.43. The minimum atomic E-state index is -0.526. The second kappa shape index (κ2) is 6.22. The monoisotopic (exact) mass is 298 g/mol. The van der Waals surface area contributed by atoms with Crippen molar-refractivity contribution in [2.24, 2.45) is 0 Å². The van der Waals surface area contributed by atoms with Crippen molar-refractivity contribution in [2.75, 3.05) is 26.7 Å². The fourth-order valence-corrected chi connectivity index (χ4v) is 3.09. The molecule has 2 atom stereocenters. The molecule has 0 bridgehead atoms. The lowest BCUT2D eigenvalue weighted by molar-refractivity contribution is -0.152. The van der Waals surface area contributed by atoms with E-state index in [1.54, 1.807) is 4.90 Å². The fraction of sp³-hybridized carbons (Fsp3) is 0.867. The molecular formula is C15H26N2O4. The van der Waals surface area contributed by atoms with Gasteiger partial charge in [0.05, 0.1) is 13.7 Å². The van der Waals surface area contributed by atoms with Gasteiger partial charge in [-0.3, -0.25) is 9.69 Å². The van der Waals surface area contributed by atoms with Crippen molar-refractivity contribution < 1.29 is 19.1 Å². The first kappa shape index (κ1) is 16.1. The van der Waals surface area contributed by atoms with E-state index < -0.39 is 5.60 Å². The van der Waals surface area contributed by atoms with E-state index in [1.165, 1.54) is 7.11 Å². The largest absolute Gasteiger partial charge is 0.468 e. The molecular weight excluding hydrogens is 272 g/mol. The van der Waals surface area contributed by atoms with E-state index in [9.17, 15) is 9.59 Å². The second-order valence-electron chi connectivity index (χ2n) is 6.81. The number of ether oxygens (including phenoxy) is 2. The van der Waals surface area contributed by atoms with Gasteiger partial charge in [0.15, 0.2) is 0 Å². The summed E-state index contributed by atoms with van der Waals surface area (Å²) in [7, 11) is 1.40. The highest BCUT2D eigenvalue weighted by molar-refractivity contribution is 5.78. The lowest BCUT2D eigenvalue weighted by Crippen LogP contribution is -2.64. The number of esters is 1. The summed E-state index contributed by atoms with van der Waals surface area (Å²) in [5.41, 5.74) is -0.526. The van der Waals surface area contributed by atoms with Gasteiger partial charge >= 0.3 is 12.1 Å². The van der Waals surface area contributed by atoms with Gasteiger partial charge in [0.2, 0.25) is 0 Å². The molecule has 2 fully saturated rings. The number of amides is 1. The molecule has 0 N–H and O–H groups in total. The number of hydrogen-bond acceptors (Lipinski definition) is 5. The Morgan fingerprint density at radius 3 is 2.48 bits per heavy atom. The Balaban J connectivity index is 2.11.